The highest BCUT2D eigenvalue weighted by atomic mass is 35.5. The van der Waals surface area contributed by atoms with Crippen LogP contribution in [0.3, 0.4) is 0 Å². The Morgan fingerprint density at radius 1 is 0.923 bits per heavy atom. The van der Waals surface area contributed by atoms with Crippen LogP contribution >= 0.6 is 11.6 Å². The number of nitrogens with zero attached hydrogens (tertiary/aromatic N) is 1. The van der Waals surface area contributed by atoms with E-state index in [0.29, 0.717) is 6.61 Å². The van der Waals surface area contributed by atoms with Gasteiger partial charge in [0.15, 0.2) is 0 Å². The first kappa shape index (κ1) is 18.0. The Labute approximate surface area is 159 Å². The second-order valence-electron chi connectivity index (χ2n) is 6.15. The zero-order chi connectivity index (χ0) is 18.4. The molecule has 0 atom stereocenters. The highest BCUT2D eigenvalue weighted by Crippen LogP contribution is 2.16. The number of hydrazone groups is 1. The molecule has 0 heterocycles. The monoisotopic (exact) mass is 364 g/mol. The van der Waals surface area contributed by atoms with Crippen LogP contribution in [-0.2, 0) is 6.61 Å². The summed E-state index contributed by atoms with van der Waals surface area (Å²) in [4.78, 5) is 0. The van der Waals surface area contributed by atoms with Gasteiger partial charge in [0.1, 0.15) is 12.4 Å². The van der Waals surface area contributed by atoms with E-state index >= 15 is 0 Å². The van der Waals surface area contributed by atoms with Crippen molar-refractivity contribution in [1.29, 1.82) is 0 Å². The van der Waals surface area contributed by atoms with Crippen LogP contribution in [0.5, 0.6) is 5.75 Å². The molecule has 1 N–H and O–H groups in total. The van der Waals surface area contributed by atoms with Gasteiger partial charge < -0.3 is 4.74 Å². The van der Waals surface area contributed by atoms with Gasteiger partial charge in [0, 0.05) is 5.02 Å². The second kappa shape index (κ2) is 8.54. The fourth-order valence-corrected chi connectivity index (χ4v) is 2.52. The molecule has 0 amide bonds. The summed E-state index contributed by atoms with van der Waals surface area (Å²) in [6, 6.07) is 21.7. The SMILES string of the molecule is Cc1ccc(NN=Cc2ccc(OCc3ccc(Cl)cc3)cc2)cc1C. The van der Waals surface area contributed by atoms with Gasteiger partial charge in [0.05, 0.1) is 11.9 Å². The Kier molecular flexibility index (Phi) is 5.92. The molecule has 0 unspecified atom stereocenters. The quantitative estimate of drug-likeness (QED) is 0.431. The number of nitrogens with one attached hydrogen (secondary N) is 1. The summed E-state index contributed by atoms with van der Waals surface area (Å²) in [5.74, 6) is 0.819. The summed E-state index contributed by atoms with van der Waals surface area (Å²) in [7, 11) is 0. The standard InChI is InChI=1S/C22H21ClN2O/c1-16-3-10-21(13-17(16)2)25-24-14-18-6-11-22(12-7-18)26-15-19-4-8-20(23)9-5-19/h3-14,25H,15H2,1-2H3. The molecule has 0 fully saturated rings. The summed E-state index contributed by atoms with van der Waals surface area (Å²) in [6.07, 6.45) is 1.79. The Morgan fingerprint density at radius 3 is 2.35 bits per heavy atom. The van der Waals surface area contributed by atoms with Gasteiger partial charge in [-0.05, 0) is 84.6 Å². The molecule has 0 aliphatic rings. The van der Waals surface area contributed by atoms with E-state index in [0.717, 1.165) is 27.6 Å². The van der Waals surface area contributed by atoms with Crippen LogP contribution < -0.4 is 10.2 Å². The summed E-state index contributed by atoms with van der Waals surface area (Å²) in [5.41, 5.74) is 8.63. The largest absolute Gasteiger partial charge is 0.489 e. The molecule has 3 nitrogen and oxygen atoms in total. The highest BCUT2D eigenvalue weighted by molar-refractivity contribution is 6.30. The highest BCUT2D eigenvalue weighted by Gasteiger charge is 1.98. The molecule has 4 heteroatoms. The second-order valence-corrected chi connectivity index (χ2v) is 6.59. The van der Waals surface area contributed by atoms with Gasteiger partial charge in [-0.15, -0.1) is 0 Å². The lowest BCUT2D eigenvalue weighted by molar-refractivity contribution is 0.306. The number of hydrogen-bond donors (Lipinski definition) is 1. The van der Waals surface area contributed by atoms with E-state index in [9.17, 15) is 0 Å². The molecule has 0 bridgehead atoms. The topological polar surface area (TPSA) is 33.6 Å². The number of rotatable bonds is 6. The van der Waals surface area contributed by atoms with Gasteiger partial charge in [-0.2, -0.15) is 5.10 Å². The molecule has 0 saturated carbocycles. The average Bonchev–Trinajstić information content (AvgIpc) is 2.65. The molecular weight excluding hydrogens is 344 g/mol. The van der Waals surface area contributed by atoms with Crippen LogP contribution in [-0.4, -0.2) is 6.21 Å². The van der Waals surface area contributed by atoms with Gasteiger partial charge >= 0.3 is 0 Å². The van der Waals surface area contributed by atoms with Crippen LogP contribution in [0.15, 0.2) is 71.8 Å². The first-order valence-corrected chi connectivity index (χ1v) is 8.81. The molecule has 0 spiro atoms. The van der Waals surface area contributed by atoms with E-state index in [1.165, 1.54) is 11.1 Å². The molecule has 0 aliphatic carbocycles. The van der Waals surface area contributed by atoms with Crippen LogP contribution in [0, 0.1) is 13.8 Å². The van der Waals surface area contributed by atoms with Gasteiger partial charge in [-0.25, -0.2) is 0 Å². The van der Waals surface area contributed by atoms with E-state index in [1.807, 2.05) is 54.6 Å². The maximum absolute atomic E-state index is 5.88. The predicted octanol–water partition coefficient (Wildman–Crippen LogP) is 5.98. The molecule has 3 rings (SSSR count). The maximum atomic E-state index is 5.88. The van der Waals surface area contributed by atoms with E-state index < -0.39 is 0 Å². The van der Waals surface area contributed by atoms with Crippen molar-refractivity contribution < 1.29 is 4.74 Å². The Balaban J connectivity index is 1.53. The van der Waals surface area contributed by atoms with Crippen molar-refractivity contribution in [1.82, 2.24) is 0 Å². The van der Waals surface area contributed by atoms with Gasteiger partial charge in [0.2, 0.25) is 0 Å². The fraction of sp³-hybridized carbons (Fsp3) is 0.136. The molecule has 0 radical (unpaired) electrons. The normalized spacial score (nSPS) is 10.9. The number of ether oxygens (including phenoxy) is 1. The molecular formula is C22H21ClN2O. The first-order valence-electron chi connectivity index (χ1n) is 8.44. The van der Waals surface area contributed by atoms with Crippen molar-refractivity contribution >= 4 is 23.5 Å². The third kappa shape index (κ3) is 5.11. The number of halogens is 1. The Hall–Kier alpha value is -2.78. The minimum absolute atomic E-state index is 0.513. The van der Waals surface area contributed by atoms with Crippen molar-refractivity contribution in [2.24, 2.45) is 5.10 Å². The number of benzene rings is 3. The lowest BCUT2D eigenvalue weighted by Gasteiger charge is -2.07. The van der Waals surface area contributed by atoms with E-state index in [4.69, 9.17) is 16.3 Å². The first-order chi connectivity index (χ1) is 12.6. The third-order valence-electron chi connectivity index (χ3n) is 4.11. The van der Waals surface area contributed by atoms with Crippen molar-refractivity contribution in [3.05, 3.63) is 94.0 Å². The summed E-state index contributed by atoms with van der Waals surface area (Å²) >= 11 is 5.88. The molecule has 3 aromatic carbocycles. The van der Waals surface area contributed by atoms with Crippen molar-refractivity contribution in [2.45, 2.75) is 20.5 Å². The van der Waals surface area contributed by atoms with Crippen LogP contribution in [0.4, 0.5) is 5.69 Å². The summed E-state index contributed by atoms with van der Waals surface area (Å²) < 4.78 is 5.78. The van der Waals surface area contributed by atoms with Crippen molar-refractivity contribution in [2.75, 3.05) is 5.43 Å². The fourth-order valence-electron chi connectivity index (χ4n) is 2.39. The summed E-state index contributed by atoms with van der Waals surface area (Å²) in [5, 5.41) is 5.01. The molecule has 0 saturated heterocycles. The maximum Gasteiger partial charge on any atom is 0.119 e. The van der Waals surface area contributed by atoms with Crippen LogP contribution in [0.2, 0.25) is 5.02 Å². The van der Waals surface area contributed by atoms with Crippen LogP contribution in [0.25, 0.3) is 0 Å². The Morgan fingerprint density at radius 2 is 1.65 bits per heavy atom. The van der Waals surface area contributed by atoms with E-state index in [2.05, 4.69) is 36.5 Å². The van der Waals surface area contributed by atoms with Crippen molar-refractivity contribution in [3.8, 4) is 5.75 Å². The minimum atomic E-state index is 0.513. The Bertz CT molecular complexity index is 887. The number of aryl methyl sites for hydroxylation is 2. The minimum Gasteiger partial charge on any atom is -0.489 e. The lowest BCUT2D eigenvalue weighted by atomic mass is 10.1. The molecule has 0 aromatic heterocycles. The van der Waals surface area contributed by atoms with Crippen molar-refractivity contribution in [3.63, 3.8) is 0 Å². The van der Waals surface area contributed by atoms with E-state index in [1.54, 1.807) is 6.21 Å². The number of anilines is 1. The third-order valence-corrected chi connectivity index (χ3v) is 4.37. The van der Waals surface area contributed by atoms with Gasteiger partial charge in [0.25, 0.3) is 0 Å². The van der Waals surface area contributed by atoms with E-state index in [-0.39, 0.29) is 0 Å². The molecule has 3 aromatic rings. The smallest absolute Gasteiger partial charge is 0.119 e. The molecule has 132 valence electrons. The lowest BCUT2D eigenvalue weighted by Crippen LogP contribution is -1.95. The molecule has 0 aliphatic heterocycles. The summed E-state index contributed by atoms with van der Waals surface area (Å²) in [6.45, 7) is 4.70. The average molecular weight is 365 g/mol. The zero-order valence-electron chi connectivity index (χ0n) is 14.9. The zero-order valence-corrected chi connectivity index (χ0v) is 15.6. The van der Waals surface area contributed by atoms with Crippen LogP contribution in [0.1, 0.15) is 22.3 Å². The number of hydrogen-bond acceptors (Lipinski definition) is 3. The molecule has 26 heavy (non-hydrogen) atoms. The predicted molar refractivity (Wildman–Crippen MR) is 109 cm³/mol. The van der Waals surface area contributed by atoms with Gasteiger partial charge in [-0.1, -0.05) is 29.8 Å². The van der Waals surface area contributed by atoms with Gasteiger partial charge in [-0.3, -0.25) is 5.43 Å².